The number of ether oxygens (including phenoxy) is 1. The molecule has 0 aliphatic rings. The molecule has 0 radical (unpaired) electrons. The molecule has 0 spiro atoms. The van der Waals surface area contributed by atoms with Crippen molar-refractivity contribution in [2.75, 3.05) is 25.1 Å². The zero-order valence-electron chi connectivity index (χ0n) is 19.8. The Morgan fingerprint density at radius 2 is 1.97 bits per heavy atom. The fourth-order valence-electron chi connectivity index (χ4n) is 3.35. The monoisotopic (exact) mass is 444 g/mol. The molecule has 1 unspecified atom stereocenters. The molecule has 2 N–H and O–H groups in total. The van der Waals surface area contributed by atoms with Gasteiger partial charge in [0.15, 0.2) is 5.82 Å². The smallest absolute Gasteiger partial charge is 0.242 e. The van der Waals surface area contributed by atoms with E-state index in [1.807, 2.05) is 13.0 Å². The number of aromatic nitrogens is 2. The van der Waals surface area contributed by atoms with Crippen molar-refractivity contribution in [2.24, 2.45) is 5.92 Å². The molecule has 1 amide bonds. The first-order chi connectivity index (χ1) is 15.4. The first kappa shape index (κ1) is 25.7. The van der Waals surface area contributed by atoms with Crippen LogP contribution in [0.4, 0.5) is 10.2 Å². The number of rotatable bonds is 14. The number of benzene rings is 1. The van der Waals surface area contributed by atoms with Crippen LogP contribution >= 0.6 is 0 Å². The van der Waals surface area contributed by atoms with Gasteiger partial charge in [-0.2, -0.15) is 0 Å². The summed E-state index contributed by atoms with van der Waals surface area (Å²) in [4.78, 5) is 22.1. The Labute approximate surface area is 191 Å². The third kappa shape index (κ3) is 8.91. The van der Waals surface area contributed by atoms with E-state index < -0.39 is 6.04 Å². The van der Waals surface area contributed by atoms with Crippen LogP contribution in [0.3, 0.4) is 0 Å². The van der Waals surface area contributed by atoms with Gasteiger partial charge in [-0.05, 0) is 50.7 Å². The molecule has 6 nitrogen and oxygen atoms in total. The molecular weight excluding hydrogens is 407 g/mol. The lowest BCUT2D eigenvalue weighted by molar-refractivity contribution is -0.122. The standard InChI is InChI=1S/C25H37FN4O2/c1-5-7-12-21-17-23(30-24(28-21)19-10-8-11-20(26)16-19)29-22(15-18(3)4)25(31)27-13-9-14-32-6-2/h8,10-11,16-18,22H,5-7,9,12-15H2,1-4H3,(H,27,31)(H,28,29,30). The van der Waals surface area contributed by atoms with Gasteiger partial charge in [0.1, 0.15) is 17.7 Å². The van der Waals surface area contributed by atoms with Gasteiger partial charge in [0.25, 0.3) is 0 Å². The van der Waals surface area contributed by atoms with Crippen LogP contribution in [0.15, 0.2) is 30.3 Å². The molecule has 2 aromatic rings. The van der Waals surface area contributed by atoms with Crippen molar-refractivity contribution in [2.45, 2.75) is 65.8 Å². The van der Waals surface area contributed by atoms with Crippen molar-refractivity contribution in [3.05, 3.63) is 41.8 Å². The number of hydrogen-bond donors (Lipinski definition) is 2. The lowest BCUT2D eigenvalue weighted by atomic mass is 10.0. The van der Waals surface area contributed by atoms with Gasteiger partial charge in [0.05, 0.1) is 0 Å². The van der Waals surface area contributed by atoms with E-state index in [1.165, 1.54) is 12.1 Å². The van der Waals surface area contributed by atoms with Gasteiger partial charge in [-0.3, -0.25) is 4.79 Å². The average molecular weight is 445 g/mol. The summed E-state index contributed by atoms with van der Waals surface area (Å²) < 4.78 is 19.1. The Balaban J connectivity index is 2.22. The number of hydrogen-bond acceptors (Lipinski definition) is 5. The van der Waals surface area contributed by atoms with Crippen molar-refractivity contribution in [1.29, 1.82) is 0 Å². The second-order valence-electron chi connectivity index (χ2n) is 8.35. The van der Waals surface area contributed by atoms with Crippen molar-refractivity contribution in [3.63, 3.8) is 0 Å². The van der Waals surface area contributed by atoms with E-state index >= 15 is 0 Å². The van der Waals surface area contributed by atoms with E-state index in [0.717, 1.165) is 31.4 Å². The van der Waals surface area contributed by atoms with E-state index in [0.29, 0.717) is 49.3 Å². The van der Waals surface area contributed by atoms with Crippen LogP contribution in [0, 0.1) is 11.7 Å². The summed E-state index contributed by atoms with van der Waals surface area (Å²) >= 11 is 0. The van der Waals surface area contributed by atoms with E-state index in [2.05, 4.69) is 41.4 Å². The summed E-state index contributed by atoms with van der Waals surface area (Å²) in [6.45, 7) is 10.1. The topological polar surface area (TPSA) is 76.1 Å². The largest absolute Gasteiger partial charge is 0.382 e. The molecule has 7 heteroatoms. The van der Waals surface area contributed by atoms with Crippen LogP contribution < -0.4 is 10.6 Å². The predicted octanol–water partition coefficient (Wildman–Crippen LogP) is 4.99. The van der Waals surface area contributed by atoms with Crippen molar-refractivity contribution in [1.82, 2.24) is 15.3 Å². The van der Waals surface area contributed by atoms with Gasteiger partial charge in [-0.1, -0.05) is 39.3 Å². The molecule has 0 aliphatic carbocycles. The van der Waals surface area contributed by atoms with Crippen molar-refractivity contribution in [3.8, 4) is 11.4 Å². The molecule has 2 rings (SSSR count). The molecule has 1 atom stereocenters. The van der Waals surface area contributed by atoms with Gasteiger partial charge in [0.2, 0.25) is 5.91 Å². The van der Waals surface area contributed by atoms with E-state index in [9.17, 15) is 9.18 Å². The van der Waals surface area contributed by atoms with Crippen LogP contribution in [0.25, 0.3) is 11.4 Å². The van der Waals surface area contributed by atoms with Gasteiger partial charge >= 0.3 is 0 Å². The second kappa shape index (κ2) is 13.8. The molecule has 1 heterocycles. The minimum atomic E-state index is -0.420. The maximum Gasteiger partial charge on any atom is 0.242 e. The Morgan fingerprint density at radius 3 is 2.66 bits per heavy atom. The number of carbonyl (C=O) groups is 1. The highest BCUT2D eigenvalue weighted by molar-refractivity contribution is 5.84. The SMILES string of the molecule is CCCCc1cc(NC(CC(C)C)C(=O)NCCCOCC)nc(-c2cccc(F)c2)n1. The van der Waals surface area contributed by atoms with Gasteiger partial charge in [-0.25, -0.2) is 14.4 Å². The molecule has 32 heavy (non-hydrogen) atoms. The number of anilines is 1. The Morgan fingerprint density at radius 1 is 1.16 bits per heavy atom. The lowest BCUT2D eigenvalue weighted by Crippen LogP contribution is -2.41. The van der Waals surface area contributed by atoms with E-state index in [-0.39, 0.29) is 11.7 Å². The number of amides is 1. The molecular formula is C25H37FN4O2. The molecule has 1 aromatic carbocycles. The zero-order valence-corrected chi connectivity index (χ0v) is 19.8. The molecule has 0 bridgehead atoms. The highest BCUT2D eigenvalue weighted by atomic mass is 19.1. The maximum absolute atomic E-state index is 13.8. The Kier molecular flexibility index (Phi) is 11.1. The summed E-state index contributed by atoms with van der Waals surface area (Å²) in [7, 11) is 0. The zero-order chi connectivity index (χ0) is 23.3. The number of aryl methyl sites for hydroxylation is 1. The van der Waals surface area contributed by atoms with E-state index in [4.69, 9.17) is 4.74 Å². The molecule has 0 aliphatic heterocycles. The summed E-state index contributed by atoms with van der Waals surface area (Å²) in [5.74, 6) is 0.979. The summed E-state index contributed by atoms with van der Waals surface area (Å²) in [6, 6.07) is 7.75. The van der Waals surface area contributed by atoms with Crippen LogP contribution in [0.2, 0.25) is 0 Å². The normalized spacial score (nSPS) is 12.1. The first-order valence-corrected chi connectivity index (χ1v) is 11.7. The second-order valence-corrected chi connectivity index (χ2v) is 8.35. The minimum Gasteiger partial charge on any atom is -0.382 e. The highest BCUT2D eigenvalue weighted by Gasteiger charge is 2.21. The summed E-state index contributed by atoms with van der Waals surface area (Å²) in [5, 5.41) is 6.31. The van der Waals surface area contributed by atoms with Gasteiger partial charge in [0, 0.05) is 37.1 Å². The number of nitrogens with one attached hydrogen (secondary N) is 2. The Bertz CT molecular complexity index is 844. The fraction of sp³-hybridized carbons (Fsp3) is 0.560. The minimum absolute atomic E-state index is 0.0591. The molecule has 0 fully saturated rings. The molecule has 0 saturated carbocycles. The maximum atomic E-state index is 13.8. The average Bonchev–Trinajstić information content (AvgIpc) is 2.76. The van der Waals surface area contributed by atoms with Crippen molar-refractivity contribution < 1.29 is 13.9 Å². The van der Waals surface area contributed by atoms with E-state index in [1.54, 1.807) is 12.1 Å². The number of halogens is 1. The van der Waals surface area contributed by atoms with Crippen molar-refractivity contribution >= 4 is 11.7 Å². The molecule has 176 valence electrons. The lowest BCUT2D eigenvalue weighted by Gasteiger charge is -2.21. The van der Waals surface area contributed by atoms with Crippen LogP contribution in [0.5, 0.6) is 0 Å². The quantitative estimate of drug-likeness (QED) is 0.401. The van der Waals surface area contributed by atoms with Crippen LogP contribution in [-0.2, 0) is 16.0 Å². The first-order valence-electron chi connectivity index (χ1n) is 11.7. The van der Waals surface area contributed by atoms with Gasteiger partial charge < -0.3 is 15.4 Å². The predicted molar refractivity (Wildman–Crippen MR) is 127 cm³/mol. The Hall–Kier alpha value is -2.54. The summed E-state index contributed by atoms with van der Waals surface area (Å²) in [5.41, 5.74) is 1.50. The number of nitrogens with zero attached hydrogens (tertiary/aromatic N) is 2. The van der Waals surface area contributed by atoms with Crippen LogP contribution in [0.1, 0.15) is 59.1 Å². The third-order valence-corrected chi connectivity index (χ3v) is 4.96. The molecule has 0 saturated heterocycles. The highest BCUT2D eigenvalue weighted by Crippen LogP contribution is 2.21. The van der Waals surface area contributed by atoms with Crippen LogP contribution in [-0.4, -0.2) is 41.7 Å². The fourth-order valence-corrected chi connectivity index (χ4v) is 3.35. The summed E-state index contributed by atoms with van der Waals surface area (Å²) in [6.07, 6.45) is 4.28. The van der Waals surface area contributed by atoms with Gasteiger partial charge in [-0.15, -0.1) is 0 Å². The molecule has 1 aromatic heterocycles. The number of carbonyl (C=O) groups excluding carboxylic acids is 1. The number of unbranched alkanes of at least 4 members (excludes halogenated alkanes) is 1. The third-order valence-electron chi connectivity index (χ3n) is 4.96.